The number of aryl methyl sites for hydroxylation is 2. The normalized spacial score (nSPS) is 11.2. The van der Waals surface area contributed by atoms with E-state index < -0.39 is 22.5 Å². The zero-order valence-electron chi connectivity index (χ0n) is 14.2. The van der Waals surface area contributed by atoms with Crippen LogP contribution in [0.2, 0.25) is 0 Å². The average Bonchev–Trinajstić information content (AvgIpc) is 2.92. The van der Waals surface area contributed by atoms with Crippen LogP contribution in [0.4, 0.5) is 5.69 Å². The summed E-state index contributed by atoms with van der Waals surface area (Å²) in [7, 11) is -0.970. The number of sulfonamides is 1. The Morgan fingerprint density at radius 2 is 1.96 bits per heavy atom. The van der Waals surface area contributed by atoms with Crippen LogP contribution in [-0.4, -0.2) is 40.2 Å². The van der Waals surface area contributed by atoms with Crippen LogP contribution < -0.4 is 19.5 Å². The van der Waals surface area contributed by atoms with Crippen molar-refractivity contribution in [3.05, 3.63) is 29.7 Å². The Morgan fingerprint density at radius 3 is 2.52 bits per heavy atom. The second-order valence-corrected chi connectivity index (χ2v) is 6.80. The highest BCUT2D eigenvalue weighted by atomic mass is 32.2. The SMILES string of the molecule is COc1ccc(OC)c(NC(=O)CNS(=O)(=O)c2c(C)noc2C)c1. The first-order valence-electron chi connectivity index (χ1n) is 7.23. The highest BCUT2D eigenvalue weighted by molar-refractivity contribution is 7.89. The first kappa shape index (κ1) is 18.7. The summed E-state index contributed by atoms with van der Waals surface area (Å²) in [5, 5.41) is 6.17. The van der Waals surface area contributed by atoms with E-state index in [9.17, 15) is 13.2 Å². The fraction of sp³-hybridized carbons (Fsp3) is 0.333. The third kappa shape index (κ3) is 4.28. The molecule has 2 rings (SSSR count). The van der Waals surface area contributed by atoms with Crippen LogP contribution in [0.1, 0.15) is 11.5 Å². The number of carbonyl (C=O) groups is 1. The van der Waals surface area contributed by atoms with Gasteiger partial charge in [0, 0.05) is 6.07 Å². The largest absolute Gasteiger partial charge is 0.497 e. The molecule has 0 bridgehead atoms. The lowest BCUT2D eigenvalue weighted by Gasteiger charge is -2.12. The highest BCUT2D eigenvalue weighted by Crippen LogP contribution is 2.28. The van der Waals surface area contributed by atoms with Crippen LogP contribution in [0, 0.1) is 13.8 Å². The van der Waals surface area contributed by atoms with Crippen LogP contribution in [0.5, 0.6) is 11.5 Å². The van der Waals surface area contributed by atoms with Gasteiger partial charge in [0.2, 0.25) is 15.9 Å². The first-order chi connectivity index (χ1) is 11.8. The smallest absolute Gasteiger partial charge is 0.246 e. The van der Waals surface area contributed by atoms with Gasteiger partial charge in [-0.1, -0.05) is 5.16 Å². The number of carbonyl (C=O) groups excluding carboxylic acids is 1. The number of anilines is 1. The number of ether oxygens (including phenoxy) is 2. The Labute approximate surface area is 145 Å². The molecule has 0 fully saturated rings. The fourth-order valence-corrected chi connectivity index (χ4v) is 3.50. The molecule has 1 aromatic carbocycles. The Kier molecular flexibility index (Phi) is 5.65. The molecule has 1 heterocycles. The van der Waals surface area contributed by atoms with Crippen molar-refractivity contribution < 1.29 is 27.2 Å². The van der Waals surface area contributed by atoms with Crippen molar-refractivity contribution in [2.75, 3.05) is 26.1 Å². The standard InChI is InChI=1S/C15H19N3O6S/c1-9-15(10(2)24-18-9)25(20,21)16-8-14(19)17-12-7-11(22-3)5-6-13(12)23-4/h5-7,16H,8H2,1-4H3,(H,17,19). The van der Waals surface area contributed by atoms with Crippen LogP contribution in [0.15, 0.2) is 27.6 Å². The zero-order chi connectivity index (χ0) is 18.6. The van der Waals surface area contributed by atoms with E-state index in [1.807, 2.05) is 0 Å². The lowest BCUT2D eigenvalue weighted by Crippen LogP contribution is -2.33. The lowest BCUT2D eigenvalue weighted by atomic mass is 10.2. The quantitative estimate of drug-likeness (QED) is 0.753. The molecule has 0 saturated heterocycles. The van der Waals surface area contributed by atoms with Gasteiger partial charge in [-0.2, -0.15) is 0 Å². The molecule has 0 spiro atoms. The van der Waals surface area contributed by atoms with Gasteiger partial charge in [-0.15, -0.1) is 0 Å². The fourth-order valence-electron chi connectivity index (χ4n) is 2.20. The molecule has 1 aromatic heterocycles. The van der Waals surface area contributed by atoms with Crippen LogP contribution >= 0.6 is 0 Å². The molecule has 10 heteroatoms. The molecule has 9 nitrogen and oxygen atoms in total. The molecule has 0 saturated carbocycles. The predicted octanol–water partition coefficient (Wildman–Crippen LogP) is 1.23. The van der Waals surface area contributed by atoms with Crippen LogP contribution in [-0.2, 0) is 14.8 Å². The molecule has 0 aliphatic heterocycles. The molecule has 2 N–H and O–H groups in total. The minimum Gasteiger partial charge on any atom is -0.497 e. The minimum atomic E-state index is -3.92. The van der Waals surface area contributed by atoms with E-state index in [1.165, 1.54) is 28.1 Å². The summed E-state index contributed by atoms with van der Waals surface area (Å²) in [6, 6.07) is 4.87. The molecule has 136 valence electrons. The van der Waals surface area contributed by atoms with E-state index in [4.69, 9.17) is 14.0 Å². The number of aromatic nitrogens is 1. The first-order valence-corrected chi connectivity index (χ1v) is 8.71. The topological polar surface area (TPSA) is 120 Å². The van der Waals surface area contributed by atoms with Gasteiger partial charge in [0.25, 0.3) is 0 Å². The molecule has 25 heavy (non-hydrogen) atoms. The minimum absolute atomic E-state index is 0.0701. The predicted molar refractivity (Wildman–Crippen MR) is 89.3 cm³/mol. The Bertz CT molecular complexity index is 856. The number of nitrogens with zero attached hydrogens (tertiary/aromatic N) is 1. The summed E-state index contributed by atoms with van der Waals surface area (Å²) in [5.74, 6) is 0.525. The van der Waals surface area contributed by atoms with E-state index in [2.05, 4.69) is 15.2 Å². The monoisotopic (exact) mass is 369 g/mol. The van der Waals surface area contributed by atoms with Gasteiger partial charge in [-0.05, 0) is 26.0 Å². The van der Waals surface area contributed by atoms with E-state index in [1.54, 1.807) is 18.2 Å². The van der Waals surface area contributed by atoms with E-state index >= 15 is 0 Å². The van der Waals surface area contributed by atoms with Crippen molar-refractivity contribution in [2.24, 2.45) is 0 Å². The van der Waals surface area contributed by atoms with Gasteiger partial charge in [-0.3, -0.25) is 4.79 Å². The van der Waals surface area contributed by atoms with Gasteiger partial charge in [0.05, 0.1) is 26.5 Å². The lowest BCUT2D eigenvalue weighted by molar-refractivity contribution is -0.115. The van der Waals surface area contributed by atoms with Gasteiger partial charge < -0.3 is 19.3 Å². The maximum atomic E-state index is 12.3. The highest BCUT2D eigenvalue weighted by Gasteiger charge is 2.24. The van der Waals surface area contributed by atoms with Crippen LogP contribution in [0.3, 0.4) is 0 Å². The Balaban J connectivity index is 2.09. The zero-order valence-corrected chi connectivity index (χ0v) is 15.1. The molecular formula is C15H19N3O6S. The number of rotatable bonds is 7. The van der Waals surface area contributed by atoms with Gasteiger partial charge in [0.15, 0.2) is 5.76 Å². The van der Waals surface area contributed by atoms with Gasteiger partial charge >= 0.3 is 0 Å². The summed E-state index contributed by atoms with van der Waals surface area (Å²) in [6.45, 7) is 2.52. The van der Waals surface area contributed by atoms with Gasteiger partial charge in [0.1, 0.15) is 22.1 Å². The second kappa shape index (κ2) is 7.53. The molecule has 0 radical (unpaired) electrons. The second-order valence-electron chi connectivity index (χ2n) is 5.09. The summed E-state index contributed by atoms with van der Waals surface area (Å²) in [4.78, 5) is 12.0. The summed E-state index contributed by atoms with van der Waals surface area (Å²) in [6.07, 6.45) is 0. The third-order valence-corrected chi connectivity index (χ3v) is 4.98. The Hall–Kier alpha value is -2.59. The number of hydrogen-bond acceptors (Lipinski definition) is 7. The van der Waals surface area contributed by atoms with Crippen molar-refractivity contribution in [3.63, 3.8) is 0 Å². The van der Waals surface area contributed by atoms with E-state index in [0.717, 1.165) is 0 Å². The van der Waals surface area contributed by atoms with Crippen molar-refractivity contribution in [2.45, 2.75) is 18.7 Å². The number of methoxy groups -OCH3 is 2. The molecule has 0 aliphatic rings. The van der Waals surface area contributed by atoms with Crippen molar-refractivity contribution in [1.29, 1.82) is 0 Å². The molecule has 0 atom stereocenters. The summed E-state index contributed by atoms with van der Waals surface area (Å²) < 4.78 is 41.9. The van der Waals surface area contributed by atoms with E-state index in [0.29, 0.717) is 17.2 Å². The third-order valence-electron chi connectivity index (χ3n) is 3.34. The van der Waals surface area contributed by atoms with Crippen molar-refractivity contribution in [3.8, 4) is 11.5 Å². The molecule has 2 aromatic rings. The number of benzene rings is 1. The Morgan fingerprint density at radius 1 is 1.24 bits per heavy atom. The molecular weight excluding hydrogens is 350 g/mol. The van der Waals surface area contributed by atoms with E-state index in [-0.39, 0.29) is 16.3 Å². The summed E-state index contributed by atoms with van der Waals surface area (Å²) in [5.41, 5.74) is 0.586. The van der Waals surface area contributed by atoms with Crippen LogP contribution in [0.25, 0.3) is 0 Å². The number of amides is 1. The maximum absolute atomic E-state index is 12.3. The molecule has 0 aliphatic carbocycles. The van der Waals surface area contributed by atoms with Crippen molar-refractivity contribution in [1.82, 2.24) is 9.88 Å². The number of nitrogens with one attached hydrogen (secondary N) is 2. The average molecular weight is 369 g/mol. The molecule has 0 unspecified atom stereocenters. The maximum Gasteiger partial charge on any atom is 0.246 e. The van der Waals surface area contributed by atoms with Gasteiger partial charge in [-0.25, -0.2) is 13.1 Å². The molecule has 1 amide bonds. The summed E-state index contributed by atoms with van der Waals surface area (Å²) >= 11 is 0. The van der Waals surface area contributed by atoms with Crippen molar-refractivity contribution >= 4 is 21.6 Å². The number of hydrogen-bond donors (Lipinski definition) is 2.